The van der Waals surface area contributed by atoms with Gasteiger partial charge in [-0.3, -0.25) is 14.9 Å². The van der Waals surface area contributed by atoms with E-state index in [1.54, 1.807) is 11.5 Å². The highest BCUT2D eigenvalue weighted by Crippen LogP contribution is 2.30. The maximum Gasteiger partial charge on any atom is 0.274 e. The van der Waals surface area contributed by atoms with E-state index < -0.39 is 5.91 Å². The summed E-state index contributed by atoms with van der Waals surface area (Å²) in [5, 5.41) is 8.63. The fourth-order valence-corrected chi connectivity index (χ4v) is 2.98. The molecule has 1 amide bonds. The number of nitrogens with one attached hydrogen (secondary N) is 1. The molecule has 0 saturated carbocycles. The maximum absolute atomic E-state index is 11.4. The van der Waals surface area contributed by atoms with Gasteiger partial charge in [-0.05, 0) is 49.1 Å². The van der Waals surface area contributed by atoms with Gasteiger partial charge in [0.2, 0.25) is 0 Å². The molecule has 2 N–H and O–H groups in total. The summed E-state index contributed by atoms with van der Waals surface area (Å²) in [5.74, 6) is -0.429. The molecule has 0 spiro atoms. The van der Waals surface area contributed by atoms with Gasteiger partial charge in [0, 0.05) is 18.2 Å². The molecule has 2 heterocycles. The summed E-state index contributed by atoms with van der Waals surface area (Å²) in [6.07, 6.45) is 3.57. The zero-order chi connectivity index (χ0) is 11.8. The Bertz CT molecular complexity index is 459. The van der Waals surface area contributed by atoms with Crippen LogP contribution in [-0.2, 0) is 13.0 Å². The number of carbonyl (C=O) groups is 1. The van der Waals surface area contributed by atoms with Crippen LogP contribution in [-0.4, -0.2) is 28.6 Å². The van der Waals surface area contributed by atoms with E-state index in [1.165, 1.54) is 30.5 Å². The van der Waals surface area contributed by atoms with Crippen LogP contribution in [0.5, 0.6) is 0 Å². The second-order valence-electron chi connectivity index (χ2n) is 4.90. The van der Waals surface area contributed by atoms with Gasteiger partial charge in [-0.25, -0.2) is 5.48 Å². The minimum Gasteiger partial charge on any atom is -0.296 e. The van der Waals surface area contributed by atoms with Crippen LogP contribution in [0.1, 0.15) is 34.3 Å². The van der Waals surface area contributed by atoms with Crippen LogP contribution in [0.25, 0.3) is 0 Å². The highest BCUT2D eigenvalue weighted by Gasteiger charge is 2.29. The standard InChI is InChI=1S/C13H16N2O2/c16-13(14-17)9-3-4-10-8-15-5-1-2-12(15)7-11(10)6-9/h3-4,6,12,17H,1-2,5,7-8H2,(H,14,16)/t12-/m1/s1. The van der Waals surface area contributed by atoms with Gasteiger partial charge in [0.25, 0.3) is 5.91 Å². The molecule has 3 rings (SSSR count). The van der Waals surface area contributed by atoms with Crippen molar-refractivity contribution in [3.8, 4) is 0 Å². The number of fused-ring (bicyclic) bond motifs is 2. The zero-order valence-corrected chi connectivity index (χ0v) is 9.65. The van der Waals surface area contributed by atoms with Gasteiger partial charge in [-0.15, -0.1) is 0 Å². The lowest BCUT2D eigenvalue weighted by molar-refractivity contribution is 0.0706. The molecule has 17 heavy (non-hydrogen) atoms. The van der Waals surface area contributed by atoms with Gasteiger partial charge in [0.05, 0.1) is 0 Å². The Kier molecular flexibility index (Phi) is 2.61. The first-order chi connectivity index (χ1) is 8.28. The zero-order valence-electron chi connectivity index (χ0n) is 9.65. The van der Waals surface area contributed by atoms with Crippen molar-refractivity contribution >= 4 is 5.91 Å². The SMILES string of the molecule is O=C(NO)c1ccc2c(c1)C[C@H]1CCCN1C2. The Morgan fingerprint density at radius 1 is 1.41 bits per heavy atom. The van der Waals surface area contributed by atoms with Crippen molar-refractivity contribution in [1.82, 2.24) is 10.4 Å². The molecule has 0 aromatic heterocycles. The number of amides is 1. The normalized spacial score (nSPS) is 23.0. The number of rotatable bonds is 1. The van der Waals surface area contributed by atoms with Gasteiger partial charge in [-0.2, -0.15) is 0 Å². The van der Waals surface area contributed by atoms with E-state index in [1.807, 2.05) is 12.1 Å². The minimum absolute atomic E-state index is 0.429. The molecule has 0 bridgehead atoms. The molecule has 4 heteroatoms. The van der Waals surface area contributed by atoms with Gasteiger partial charge < -0.3 is 0 Å². The van der Waals surface area contributed by atoms with Crippen molar-refractivity contribution in [1.29, 1.82) is 0 Å². The average molecular weight is 232 g/mol. The summed E-state index contributed by atoms with van der Waals surface area (Å²) in [5.41, 5.74) is 4.80. The predicted molar refractivity (Wildman–Crippen MR) is 62.8 cm³/mol. The lowest BCUT2D eigenvalue weighted by Crippen LogP contribution is -2.35. The molecule has 1 aromatic carbocycles. The van der Waals surface area contributed by atoms with Gasteiger partial charge in [-0.1, -0.05) is 6.07 Å². The van der Waals surface area contributed by atoms with Gasteiger partial charge in [0.1, 0.15) is 0 Å². The highest BCUT2D eigenvalue weighted by atomic mass is 16.5. The van der Waals surface area contributed by atoms with E-state index in [4.69, 9.17) is 5.21 Å². The molecular formula is C13H16N2O2. The summed E-state index contributed by atoms with van der Waals surface area (Å²) in [4.78, 5) is 13.9. The topological polar surface area (TPSA) is 52.6 Å². The predicted octanol–water partition coefficient (Wildman–Crippen LogP) is 1.33. The molecule has 90 valence electrons. The van der Waals surface area contributed by atoms with Gasteiger partial charge in [0.15, 0.2) is 0 Å². The first-order valence-electron chi connectivity index (χ1n) is 6.08. The van der Waals surface area contributed by atoms with E-state index >= 15 is 0 Å². The number of hydrogen-bond acceptors (Lipinski definition) is 3. The molecule has 1 aromatic rings. The van der Waals surface area contributed by atoms with Crippen LogP contribution in [0.4, 0.5) is 0 Å². The van der Waals surface area contributed by atoms with Crippen molar-refractivity contribution in [2.45, 2.75) is 31.8 Å². The van der Waals surface area contributed by atoms with E-state index in [0.29, 0.717) is 11.6 Å². The summed E-state index contributed by atoms with van der Waals surface area (Å²) in [6, 6.07) is 6.35. The maximum atomic E-state index is 11.4. The van der Waals surface area contributed by atoms with Crippen molar-refractivity contribution in [2.75, 3.05) is 6.54 Å². The largest absolute Gasteiger partial charge is 0.296 e. The molecular weight excluding hydrogens is 216 g/mol. The average Bonchev–Trinajstić information content (AvgIpc) is 2.81. The third-order valence-electron chi connectivity index (χ3n) is 3.90. The Labute approximate surface area is 100 Å². The summed E-state index contributed by atoms with van der Waals surface area (Å²) < 4.78 is 0. The Hall–Kier alpha value is -1.39. The molecule has 1 saturated heterocycles. The monoisotopic (exact) mass is 232 g/mol. The van der Waals surface area contributed by atoms with Gasteiger partial charge >= 0.3 is 0 Å². The first kappa shape index (κ1) is 10.7. The highest BCUT2D eigenvalue weighted by molar-refractivity contribution is 5.93. The lowest BCUT2D eigenvalue weighted by Gasteiger charge is -2.31. The summed E-state index contributed by atoms with van der Waals surface area (Å²) in [6.45, 7) is 2.20. The van der Waals surface area contributed by atoms with Crippen LogP contribution in [0.3, 0.4) is 0 Å². The summed E-state index contributed by atoms with van der Waals surface area (Å²) in [7, 11) is 0. The van der Waals surface area contributed by atoms with E-state index in [9.17, 15) is 4.79 Å². The number of nitrogens with zero attached hydrogens (tertiary/aromatic N) is 1. The Morgan fingerprint density at radius 2 is 2.29 bits per heavy atom. The number of benzene rings is 1. The fraction of sp³-hybridized carbons (Fsp3) is 0.462. The van der Waals surface area contributed by atoms with Crippen LogP contribution >= 0.6 is 0 Å². The quantitative estimate of drug-likeness (QED) is 0.567. The van der Waals surface area contributed by atoms with E-state index in [2.05, 4.69) is 4.90 Å². The van der Waals surface area contributed by atoms with Crippen molar-refractivity contribution < 1.29 is 10.0 Å². The molecule has 2 aliphatic heterocycles. The molecule has 4 nitrogen and oxygen atoms in total. The number of hydrogen-bond donors (Lipinski definition) is 2. The molecule has 0 aliphatic carbocycles. The van der Waals surface area contributed by atoms with Crippen LogP contribution < -0.4 is 5.48 Å². The fourth-order valence-electron chi connectivity index (χ4n) is 2.98. The third kappa shape index (κ3) is 1.83. The molecule has 1 fully saturated rings. The third-order valence-corrected chi connectivity index (χ3v) is 3.90. The minimum atomic E-state index is -0.429. The van der Waals surface area contributed by atoms with Crippen molar-refractivity contribution in [3.05, 3.63) is 34.9 Å². The number of hydroxylamine groups is 1. The number of carbonyl (C=O) groups excluding carboxylic acids is 1. The Balaban J connectivity index is 1.91. The molecule has 0 unspecified atom stereocenters. The lowest BCUT2D eigenvalue weighted by atomic mass is 9.93. The smallest absolute Gasteiger partial charge is 0.274 e. The second-order valence-corrected chi connectivity index (χ2v) is 4.90. The molecule has 0 radical (unpaired) electrons. The van der Waals surface area contributed by atoms with E-state index in [-0.39, 0.29) is 0 Å². The van der Waals surface area contributed by atoms with Crippen molar-refractivity contribution in [3.63, 3.8) is 0 Å². The second kappa shape index (κ2) is 4.13. The molecule has 2 aliphatic rings. The first-order valence-corrected chi connectivity index (χ1v) is 6.08. The van der Waals surface area contributed by atoms with Crippen molar-refractivity contribution in [2.24, 2.45) is 0 Å². The van der Waals surface area contributed by atoms with Crippen LogP contribution in [0, 0.1) is 0 Å². The van der Waals surface area contributed by atoms with Crippen LogP contribution in [0.15, 0.2) is 18.2 Å². The van der Waals surface area contributed by atoms with E-state index in [0.717, 1.165) is 13.0 Å². The Morgan fingerprint density at radius 3 is 3.12 bits per heavy atom. The van der Waals surface area contributed by atoms with Crippen LogP contribution in [0.2, 0.25) is 0 Å². The summed E-state index contributed by atoms with van der Waals surface area (Å²) >= 11 is 0. The molecule has 1 atom stereocenters.